The van der Waals surface area contributed by atoms with Crippen LogP contribution < -0.4 is 5.73 Å². The second-order valence-electron chi connectivity index (χ2n) is 7.81. The van der Waals surface area contributed by atoms with Crippen molar-refractivity contribution in [2.45, 2.75) is 44.1 Å². The molecule has 0 radical (unpaired) electrons. The van der Waals surface area contributed by atoms with Crippen molar-refractivity contribution in [3.8, 4) is 0 Å². The normalized spacial score (nSPS) is 21.1. The molecule has 1 unspecified atom stereocenters. The number of rotatable bonds is 5. The van der Waals surface area contributed by atoms with Crippen molar-refractivity contribution in [1.82, 2.24) is 9.88 Å². The summed E-state index contributed by atoms with van der Waals surface area (Å²) in [5.74, 6) is 0.360. The van der Waals surface area contributed by atoms with Gasteiger partial charge in [-0.2, -0.15) is 0 Å². The molecular formula is C22H29N3O3. The zero-order valence-electron chi connectivity index (χ0n) is 16.3. The quantitative estimate of drug-likeness (QED) is 0.858. The summed E-state index contributed by atoms with van der Waals surface area (Å²) < 4.78 is 11.3. The van der Waals surface area contributed by atoms with Crippen molar-refractivity contribution in [2.75, 3.05) is 38.6 Å². The van der Waals surface area contributed by atoms with Crippen LogP contribution in [0, 0.1) is 0 Å². The summed E-state index contributed by atoms with van der Waals surface area (Å²) in [5.41, 5.74) is 8.97. The van der Waals surface area contributed by atoms with E-state index >= 15 is 0 Å². The number of para-hydroxylation sites is 1. The third-order valence-electron chi connectivity index (χ3n) is 5.82. The van der Waals surface area contributed by atoms with Crippen molar-refractivity contribution in [1.29, 1.82) is 0 Å². The molecule has 0 spiro atoms. The highest BCUT2D eigenvalue weighted by molar-refractivity contribution is 5.82. The number of ether oxygens (including phenoxy) is 2. The van der Waals surface area contributed by atoms with Gasteiger partial charge in [-0.3, -0.25) is 9.78 Å². The Morgan fingerprint density at radius 1 is 1.21 bits per heavy atom. The van der Waals surface area contributed by atoms with Crippen molar-refractivity contribution in [3.63, 3.8) is 0 Å². The van der Waals surface area contributed by atoms with Crippen LogP contribution in [0.25, 0.3) is 10.9 Å². The van der Waals surface area contributed by atoms with Gasteiger partial charge >= 0.3 is 0 Å². The van der Waals surface area contributed by atoms with E-state index in [1.54, 1.807) is 0 Å². The first kappa shape index (κ1) is 19.2. The van der Waals surface area contributed by atoms with Gasteiger partial charge in [-0.05, 0) is 44.2 Å². The van der Waals surface area contributed by atoms with E-state index in [9.17, 15) is 4.79 Å². The first-order valence-corrected chi connectivity index (χ1v) is 10.3. The number of hydrogen-bond donors (Lipinski definition) is 1. The summed E-state index contributed by atoms with van der Waals surface area (Å²) in [5, 5.41) is 1.07. The molecule has 2 N–H and O–H groups in total. The van der Waals surface area contributed by atoms with Gasteiger partial charge in [0.05, 0.1) is 29.6 Å². The molecule has 0 aliphatic carbocycles. The van der Waals surface area contributed by atoms with E-state index in [-0.39, 0.29) is 18.6 Å². The van der Waals surface area contributed by atoms with E-state index in [0.29, 0.717) is 12.5 Å². The average Bonchev–Trinajstić information content (AvgIpc) is 2.74. The zero-order valence-corrected chi connectivity index (χ0v) is 16.3. The van der Waals surface area contributed by atoms with Crippen LogP contribution in [0.5, 0.6) is 0 Å². The number of pyridine rings is 1. The van der Waals surface area contributed by atoms with E-state index in [2.05, 4.69) is 0 Å². The summed E-state index contributed by atoms with van der Waals surface area (Å²) in [4.78, 5) is 19.1. The van der Waals surface area contributed by atoms with Crippen LogP contribution in [0.15, 0.2) is 30.3 Å². The summed E-state index contributed by atoms with van der Waals surface area (Å²) in [7, 11) is 0. The topological polar surface area (TPSA) is 77.7 Å². The number of piperidine rings is 1. The molecule has 150 valence electrons. The molecule has 2 aliphatic rings. The monoisotopic (exact) mass is 383 g/mol. The molecule has 1 atom stereocenters. The molecule has 2 aromatic rings. The Morgan fingerprint density at radius 3 is 2.82 bits per heavy atom. The molecule has 2 fully saturated rings. The Kier molecular flexibility index (Phi) is 6.07. The number of benzene rings is 1. The lowest BCUT2D eigenvalue weighted by Gasteiger charge is -2.32. The number of nitrogens with zero attached hydrogens (tertiary/aromatic N) is 2. The molecule has 0 saturated carbocycles. The summed E-state index contributed by atoms with van der Waals surface area (Å²) in [6.45, 7) is 2.91. The van der Waals surface area contributed by atoms with Crippen molar-refractivity contribution >= 4 is 22.5 Å². The Morgan fingerprint density at radius 2 is 2.04 bits per heavy atom. The maximum absolute atomic E-state index is 12.4. The van der Waals surface area contributed by atoms with Crippen LogP contribution in [0.4, 0.5) is 5.69 Å². The highest BCUT2D eigenvalue weighted by Gasteiger charge is 2.26. The van der Waals surface area contributed by atoms with Crippen LogP contribution in [0.3, 0.4) is 0 Å². The number of nitrogens with two attached hydrogens (primary N) is 1. The minimum atomic E-state index is 0.0636. The van der Waals surface area contributed by atoms with Crippen LogP contribution in [0.2, 0.25) is 0 Å². The predicted molar refractivity (Wildman–Crippen MR) is 109 cm³/mol. The highest BCUT2D eigenvalue weighted by atomic mass is 16.5. The first-order chi connectivity index (χ1) is 13.7. The molecule has 4 rings (SSSR count). The van der Waals surface area contributed by atoms with Gasteiger partial charge < -0.3 is 20.1 Å². The van der Waals surface area contributed by atoms with Gasteiger partial charge in [-0.1, -0.05) is 18.2 Å². The maximum atomic E-state index is 12.4. The molecule has 3 heterocycles. The fourth-order valence-electron chi connectivity index (χ4n) is 4.18. The number of anilines is 1. The fraction of sp³-hybridized carbons (Fsp3) is 0.545. The largest absolute Gasteiger partial charge is 0.397 e. The third kappa shape index (κ3) is 4.45. The number of amides is 1. The minimum absolute atomic E-state index is 0.0636. The zero-order chi connectivity index (χ0) is 19.3. The van der Waals surface area contributed by atoms with Crippen molar-refractivity contribution < 1.29 is 14.3 Å². The lowest BCUT2D eigenvalue weighted by atomic mass is 9.91. The number of fused-ring (bicyclic) bond motifs is 1. The number of aromatic nitrogens is 1. The van der Waals surface area contributed by atoms with Gasteiger partial charge in [-0.15, -0.1) is 0 Å². The SMILES string of the molecule is Nc1cc2ccccc2nc1C1CCN(C(=O)COCC2CCCCO2)CC1. The van der Waals surface area contributed by atoms with Crippen LogP contribution in [-0.2, 0) is 14.3 Å². The van der Waals surface area contributed by atoms with Gasteiger partial charge in [0.1, 0.15) is 6.61 Å². The number of hydrogen-bond acceptors (Lipinski definition) is 5. The van der Waals surface area contributed by atoms with Gasteiger partial charge in [-0.25, -0.2) is 0 Å². The number of nitrogen functional groups attached to an aromatic ring is 1. The second-order valence-corrected chi connectivity index (χ2v) is 7.81. The molecule has 6 nitrogen and oxygen atoms in total. The molecule has 1 aromatic carbocycles. The maximum Gasteiger partial charge on any atom is 0.248 e. The fourth-order valence-corrected chi connectivity index (χ4v) is 4.18. The van der Waals surface area contributed by atoms with E-state index in [1.165, 1.54) is 6.42 Å². The molecule has 28 heavy (non-hydrogen) atoms. The van der Waals surface area contributed by atoms with Gasteiger partial charge in [0.2, 0.25) is 5.91 Å². The van der Waals surface area contributed by atoms with Gasteiger partial charge in [0, 0.05) is 31.0 Å². The standard InChI is InChI=1S/C22H29N3O3/c23-19-13-17-5-1-2-7-20(17)24-22(19)16-8-10-25(11-9-16)21(26)15-27-14-18-6-3-4-12-28-18/h1-2,5,7,13,16,18H,3-4,6,8-12,14-15,23H2. The summed E-state index contributed by atoms with van der Waals surface area (Å²) in [6, 6.07) is 10.0. The first-order valence-electron chi connectivity index (χ1n) is 10.3. The molecule has 2 aliphatic heterocycles. The highest BCUT2D eigenvalue weighted by Crippen LogP contribution is 2.32. The number of carbonyl (C=O) groups excluding carboxylic acids is 1. The molecular weight excluding hydrogens is 354 g/mol. The summed E-state index contributed by atoms with van der Waals surface area (Å²) >= 11 is 0. The smallest absolute Gasteiger partial charge is 0.248 e. The lowest BCUT2D eigenvalue weighted by molar-refractivity contribution is -0.139. The number of likely N-dealkylation sites (tertiary alicyclic amines) is 1. The Hall–Kier alpha value is -2.18. The van der Waals surface area contributed by atoms with Crippen LogP contribution in [0.1, 0.15) is 43.7 Å². The van der Waals surface area contributed by atoms with E-state index in [1.807, 2.05) is 35.2 Å². The summed E-state index contributed by atoms with van der Waals surface area (Å²) in [6.07, 6.45) is 5.25. The number of carbonyl (C=O) groups is 1. The van der Waals surface area contributed by atoms with E-state index in [0.717, 1.165) is 67.7 Å². The van der Waals surface area contributed by atoms with Gasteiger partial charge in [0.25, 0.3) is 0 Å². The molecule has 1 amide bonds. The molecule has 6 heteroatoms. The van der Waals surface area contributed by atoms with Gasteiger partial charge in [0.15, 0.2) is 0 Å². The minimum Gasteiger partial charge on any atom is -0.397 e. The van der Waals surface area contributed by atoms with E-state index < -0.39 is 0 Å². The molecule has 2 saturated heterocycles. The lowest BCUT2D eigenvalue weighted by Crippen LogP contribution is -2.40. The van der Waals surface area contributed by atoms with E-state index in [4.69, 9.17) is 20.2 Å². The Labute approximate surface area is 166 Å². The Bertz CT molecular complexity index is 812. The predicted octanol–water partition coefficient (Wildman–Crippen LogP) is 3.11. The van der Waals surface area contributed by atoms with Crippen LogP contribution >= 0.6 is 0 Å². The molecule has 1 aromatic heterocycles. The average molecular weight is 383 g/mol. The van der Waals surface area contributed by atoms with Crippen LogP contribution in [-0.4, -0.2) is 54.8 Å². The second kappa shape index (κ2) is 8.88. The molecule has 0 bridgehead atoms. The van der Waals surface area contributed by atoms with Crippen molar-refractivity contribution in [2.24, 2.45) is 0 Å². The van der Waals surface area contributed by atoms with Crippen molar-refractivity contribution in [3.05, 3.63) is 36.0 Å². The third-order valence-corrected chi connectivity index (χ3v) is 5.82. The Balaban J connectivity index is 1.28.